The van der Waals surface area contributed by atoms with Gasteiger partial charge in [-0.05, 0) is 35.9 Å². The first-order chi connectivity index (χ1) is 8.79. The Balaban J connectivity index is 1.86. The zero-order chi connectivity index (χ0) is 12.8. The predicted molar refractivity (Wildman–Crippen MR) is 70.8 cm³/mol. The van der Waals surface area contributed by atoms with Gasteiger partial charge in [0.05, 0.1) is 13.7 Å². The van der Waals surface area contributed by atoms with Crippen molar-refractivity contribution in [3.05, 3.63) is 48.2 Å². The van der Waals surface area contributed by atoms with Crippen LogP contribution in [0.3, 0.4) is 0 Å². The molecular formula is C14H16N2O2. The quantitative estimate of drug-likeness (QED) is 0.876. The first-order valence-corrected chi connectivity index (χ1v) is 5.76. The van der Waals surface area contributed by atoms with Crippen molar-refractivity contribution >= 4 is 5.82 Å². The summed E-state index contributed by atoms with van der Waals surface area (Å²) >= 11 is 0. The summed E-state index contributed by atoms with van der Waals surface area (Å²) in [4.78, 5) is 4.03. The fraction of sp³-hybridized carbons (Fsp3) is 0.214. The minimum atomic E-state index is 0.566. The zero-order valence-corrected chi connectivity index (χ0v) is 10.3. The molecular weight excluding hydrogens is 228 g/mol. The van der Waals surface area contributed by atoms with Crippen molar-refractivity contribution in [1.82, 2.24) is 4.98 Å². The van der Waals surface area contributed by atoms with E-state index in [0.29, 0.717) is 12.4 Å². The number of nitrogens with zero attached hydrogens (tertiary/aromatic N) is 1. The van der Waals surface area contributed by atoms with Gasteiger partial charge < -0.3 is 15.2 Å². The van der Waals surface area contributed by atoms with Crippen molar-refractivity contribution < 1.29 is 9.47 Å². The highest BCUT2D eigenvalue weighted by atomic mass is 16.5. The molecule has 0 aliphatic rings. The van der Waals surface area contributed by atoms with E-state index in [2.05, 4.69) is 4.98 Å². The first-order valence-electron chi connectivity index (χ1n) is 5.76. The van der Waals surface area contributed by atoms with Crippen LogP contribution in [0.2, 0.25) is 0 Å². The number of nitrogen functional groups attached to an aromatic ring is 1. The van der Waals surface area contributed by atoms with E-state index in [1.165, 1.54) is 0 Å². The SMILES string of the molecule is COc1ccc(OCCc2cccnc2N)cc1. The van der Waals surface area contributed by atoms with Crippen LogP contribution in [0.25, 0.3) is 0 Å². The Kier molecular flexibility index (Phi) is 4.02. The van der Waals surface area contributed by atoms with Gasteiger partial charge in [0.2, 0.25) is 0 Å². The second-order valence-electron chi connectivity index (χ2n) is 3.82. The zero-order valence-electron chi connectivity index (χ0n) is 10.3. The normalized spacial score (nSPS) is 10.1. The van der Waals surface area contributed by atoms with Crippen molar-refractivity contribution in [1.29, 1.82) is 0 Å². The lowest BCUT2D eigenvalue weighted by Gasteiger charge is -2.08. The lowest BCUT2D eigenvalue weighted by molar-refractivity contribution is 0.321. The van der Waals surface area contributed by atoms with Gasteiger partial charge in [0.1, 0.15) is 17.3 Å². The molecule has 0 fully saturated rings. The Morgan fingerprint density at radius 2 is 1.83 bits per heavy atom. The van der Waals surface area contributed by atoms with Crippen LogP contribution in [0.1, 0.15) is 5.56 Å². The van der Waals surface area contributed by atoms with Crippen LogP contribution in [0, 0.1) is 0 Å². The van der Waals surface area contributed by atoms with Gasteiger partial charge in [-0.15, -0.1) is 0 Å². The number of hydrogen-bond acceptors (Lipinski definition) is 4. The fourth-order valence-electron chi connectivity index (χ4n) is 1.61. The van der Waals surface area contributed by atoms with Crippen LogP contribution >= 0.6 is 0 Å². The van der Waals surface area contributed by atoms with E-state index in [1.54, 1.807) is 13.3 Å². The van der Waals surface area contributed by atoms with E-state index in [0.717, 1.165) is 23.5 Å². The molecule has 0 saturated heterocycles. The highest BCUT2D eigenvalue weighted by molar-refractivity contribution is 5.38. The minimum Gasteiger partial charge on any atom is -0.497 e. The summed E-state index contributed by atoms with van der Waals surface area (Å²) in [6, 6.07) is 11.3. The van der Waals surface area contributed by atoms with Crippen molar-refractivity contribution in [2.45, 2.75) is 6.42 Å². The smallest absolute Gasteiger partial charge is 0.126 e. The highest BCUT2D eigenvalue weighted by Gasteiger charge is 2.00. The second kappa shape index (κ2) is 5.91. The fourth-order valence-corrected chi connectivity index (χ4v) is 1.61. The number of aromatic nitrogens is 1. The molecule has 0 amide bonds. The average Bonchev–Trinajstić information content (AvgIpc) is 2.42. The molecule has 0 spiro atoms. The van der Waals surface area contributed by atoms with E-state index in [9.17, 15) is 0 Å². The van der Waals surface area contributed by atoms with Crippen molar-refractivity contribution in [3.8, 4) is 11.5 Å². The maximum atomic E-state index is 5.75. The van der Waals surface area contributed by atoms with Gasteiger partial charge >= 0.3 is 0 Å². The number of nitrogens with two attached hydrogens (primary N) is 1. The number of benzene rings is 1. The molecule has 2 rings (SSSR count). The van der Waals surface area contributed by atoms with Crippen LogP contribution < -0.4 is 15.2 Å². The number of pyridine rings is 1. The van der Waals surface area contributed by atoms with Gasteiger partial charge in [0.15, 0.2) is 0 Å². The first kappa shape index (κ1) is 12.2. The third-order valence-corrected chi connectivity index (χ3v) is 2.63. The molecule has 4 nitrogen and oxygen atoms in total. The number of ether oxygens (including phenoxy) is 2. The van der Waals surface area contributed by atoms with E-state index in [1.807, 2.05) is 36.4 Å². The minimum absolute atomic E-state index is 0.566. The van der Waals surface area contributed by atoms with E-state index in [-0.39, 0.29) is 0 Å². The molecule has 0 aliphatic carbocycles. The van der Waals surface area contributed by atoms with Gasteiger partial charge in [-0.2, -0.15) is 0 Å². The molecule has 0 radical (unpaired) electrons. The highest BCUT2D eigenvalue weighted by Crippen LogP contribution is 2.17. The van der Waals surface area contributed by atoms with Crippen LogP contribution in [0.4, 0.5) is 5.82 Å². The monoisotopic (exact) mass is 244 g/mol. The molecule has 2 N–H and O–H groups in total. The molecule has 1 aromatic heterocycles. The summed E-state index contributed by atoms with van der Waals surface area (Å²) in [5, 5.41) is 0. The molecule has 4 heteroatoms. The number of hydrogen-bond donors (Lipinski definition) is 1. The summed E-state index contributed by atoms with van der Waals surface area (Å²) in [7, 11) is 1.64. The number of rotatable bonds is 5. The average molecular weight is 244 g/mol. The molecule has 2 aromatic rings. The third kappa shape index (κ3) is 3.13. The van der Waals surface area contributed by atoms with Gasteiger partial charge in [0.25, 0.3) is 0 Å². The molecule has 1 heterocycles. The molecule has 0 bridgehead atoms. The Labute approximate surface area is 106 Å². The Morgan fingerprint density at radius 1 is 1.11 bits per heavy atom. The maximum Gasteiger partial charge on any atom is 0.126 e. The summed E-state index contributed by atoms with van der Waals surface area (Å²) < 4.78 is 10.7. The Bertz CT molecular complexity index is 497. The molecule has 0 saturated carbocycles. The topological polar surface area (TPSA) is 57.4 Å². The summed E-state index contributed by atoms with van der Waals surface area (Å²) in [5.41, 5.74) is 6.76. The third-order valence-electron chi connectivity index (χ3n) is 2.63. The molecule has 1 aromatic carbocycles. The largest absolute Gasteiger partial charge is 0.497 e. The molecule has 0 aliphatic heterocycles. The lowest BCUT2D eigenvalue weighted by atomic mass is 10.2. The summed E-state index contributed by atoms with van der Waals surface area (Å²) in [6.45, 7) is 0.572. The van der Waals surface area contributed by atoms with Crippen LogP contribution in [0.15, 0.2) is 42.6 Å². The standard InChI is InChI=1S/C14H16N2O2/c1-17-12-4-6-13(7-5-12)18-10-8-11-3-2-9-16-14(11)15/h2-7,9H,8,10H2,1H3,(H2,15,16). The van der Waals surface area contributed by atoms with E-state index >= 15 is 0 Å². The molecule has 0 unspecified atom stereocenters. The maximum absolute atomic E-state index is 5.75. The number of anilines is 1. The van der Waals surface area contributed by atoms with Crippen molar-refractivity contribution in [2.24, 2.45) is 0 Å². The summed E-state index contributed by atoms with van der Waals surface area (Å²) in [6.07, 6.45) is 2.43. The van der Waals surface area contributed by atoms with Gasteiger partial charge in [0, 0.05) is 12.6 Å². The molecule has 94 valence electrons. The van der Waals surface area contributed by atoms with E-state index < -0.39 is 0 Å². The van der Waals surface area contributed by atoms with Crippen LogP contribution in [-0.2, 0) is 6.42 Å². The van der Waals surface area contributed by atoms with Crippen LogP contribution in [0.5, 0.6) is 11.5 Å². The van der Waals surface area contributed by atoms with Crippen molar-refractivity contribution in [3.63, 3.8) is 0 Å². The van der Waals surface area contributed by atoms with Gasteiger partial charge in [-0.1, -0.05) is 6.07 Å². The van der Waals surface area contributed by atoms with Crippen molar-refractivity contribution in [2.75, 3.05) is 19.5 Å². The van der Waals surface area contributed by atoms with Crippen LogP contribution in [-0.4, -0.2) is 18.7 Å². The second-order valence-corrected chi connectivity index (χ2v) is 3.82. The molecule has 18 heavy (non-hydrogen) atoms. The van der Waals surface area contributed by atoms with Gasteiger partial charge in [-0.3, -0.25) is 0 Å². The number of methoxy groups -OCH3 is 1. The van der Waals surface area contributed by atoms with Gasteiger partial charge in [-0.25, -0.2) is 4.98 Å². The summed E-state index contributed by atoms with van der Waals surface area (Å²) in [5.74, 6) is 2.20. The lowest BCUT2D eigenvalue weighted by Crippen LogP contribution is -2.04. The Morgan fingerprint density at radius 3 is 2.50 bits per heavy atom. The molecule has 0 atom stereocenters. The van der Waals surface area contributed by atoms with E-state index in [4.69, 9.17) is 15.2 Å². The predicted octanol–water partition coefficient (Wildman–Crippen LogP) is 2.29. The Hall–Kier alpha value is -2.23.